The number of halogens is 3. The van der Waals surface area contributed by atoms with Crippen LogP contribution in [0.1, 0.15) is 46.5 Å². The molecule has 1 amide bonds. The molecular formula is C19H24F3NO2S. The van der Waals surface area contributed by atoms with Gasteiger partial charge in [-0.3, -0.25) is 9.69 Å². The SMILES string of the molecule is CC(C)(C)C1CCC2(CC1)SCC(=O)N2c1ccc(OC(F)(F)F)cc1. The Balaban J connectivity index is 1.79. The molecule has 0 atom stereocenters. The minimum atomic E-state index is -4.71. The van der Waals surface area contributed by atoms with E-state index in [1.54, 1.807) is 28.8 Å². The predicted molar refractivity (Wildman–Crippen MR) is 97.2 cm³/mol. The lowest BCUT2D eigenvalue weighted by atomic mass is 9.71. The third kappa shape index (κ3) is 3.97. The van der Waals surface area contributed by atoms with Crippen LogP contribution in [0.4, 0.5) is 18.9 Å². The van der Waals surface area contributed by atoms with Gasteiger partial charge in [0.05, 0.1) is 10.6 Å². The average Bonchev–Trinajstić information content (AvgIpc) is 2.83. The highest BCUT2D eigenvalue weighted by molar-refractivity contribution is 8.02. The minimum absolute atomic E-state index is 0.0219. The Kier molecular flexibility index (Phi) is 4.97. The standard InChI is InChI=1S/C19H24F3NO2S/c1-17(2,3)13-8-10-18(11-9-13)23(16(24)12-26-18)14-4-6-15(7-5-14)25-19(20,21)22/h4-7,13H,8-12H2,1-3H3. The molecule has 0 aromatic heterocycles. The molecule has 26 heavy (non-hydrogen) atoms. The van der Waals surface area contributed by atoms with E-state index < -0.39 is 6.36 Å². The fourth-order valence-electron chi connectivity index (χ4n) is 4.03. The molecule has 1 spiro atoms. The molecule has 0 bridgehead atoms. The maximum absolute atomic E-state index is 12.5. The second-order valence-corrected chi connectivity index (χ2v) is 9.48. The number of carbonyl (C=O) groups excluding carboxylic acids is 1. The number of hydrogen-bond donors (Lipinski definition) is 0. The first-order chi connectivity index (χ1) is 12.0. The smallest absolute Gasteiger partial charge is 0.406 e. The third-order valence-corrected chi connectivity index (χ3v) is 6.96. The summed E-state index contributed by atoms with van der Waals surface area (Å²) in [7, 11) is 0. The summed E-state index contributed by atoms with van der Waals surface area (Å²) in [6.07, 6.45) is -0.795. The van der Waals surface area contributed by atoms with Crippen LogP contribution >= 0.6 is 11.8 Å². The van der Waals surface area contributed by atoms with Crippen molar-refractivity contribution in [2.45, 2.75) is 57.7 Å². The number of alkyl halides is 3. The lowest BCUT2D eigenvalue weighted by Gasteiger charge is -2.45. The Morgan fingerprint density at radius 3 is 2.19 bits per heavy atom. The Morgan fingerprint density at radius 2 is 1.69 bits per heavy atom. The molecule has 1 aliphatic carbocycles. The van der Waals surface area contributed by atoms with Gasteiger partial charge in [-0.05, 0) is 61.3 Å². The van der Waals surface area contributed by atoms with Crippen molar-refractivity contribution in [1.82, 2.24) is 0 Å². The van der Waals surface area contributed by atoms with Gasteiger partial charge in [0.25, 0.3) is 0 Å². The number of carbonyl (C=O) groups is 1. The molecule has 144 valence electrons. The van der Waals surface area contributed by atoms with Crippen molar-refractivity contribution in [3.8, 4) is 5.75 Å². The van der Waals surface area contributed by atoms with Crippen LogP contribution in [0.3, 0.4) is 0 Å². The molecule has 0 radical (unpaired) electrons. The highest BCUT2D eigenvalue weighted by atomic mass is 32.2. The summed E-state index contributed by atoms with van der Waals surface area (Å²) in [5.41, 5.74) is 0.889. The first kappa shape index (κ1) is 19.4. The molecule has 2 fully saturated rings. The van der Waals surface area contributed by atoms with E-state index in [2.05, 4.69) is 25.5 Å². The van der Waals surface area contributed by atoms with Crippen molar-refractivity contribution in [2.75, 3.05) is 10.7 Å². The van der Waals surface area contributed by atoms with E-state index in [1.807, 2.05) is 0 Å². The van der Waals surface area contributed by atoms with Crippen molar-refractivity contribution in [3.05, 3.63) is 24.3 Å². The average molecular weight is 387 g/mol. The normalized spacial score (nSPS) is 27.2. The van der Waals surface area contributed by atoms with Gasteiger partial charge >= 0.3 is 6.36 Å². The molecule has 1 saturated heterocycles. The molecule has 1 saturated carbocycles. The lowest BCUT2D eigenvalue weighted by Crippen LogP contribution is -2.48. The quantitative estimate of drug-likeness (QED) is 0.662. The molecule has 0 unspecified atom stereocenters. The van der Waals surface area contributed by atoms with E-state index >= 15 is 0 Å². The molecular weight excluding hydrogens is 363 g/mol. The second kappa shape index (κ2) is 6.66. The van der Waals surface area contributed by atoms with Gasteiger partial charge in [0.1, 0.15) is 5.75 Å². The zero-order chi connectivity index (χ0) is 19.2. The van der Waals surface area contributed by atoms with Crippen LogP contribution in [0.15, 0.2) is 24.3 Å². The summed E-state index contributed by atoms with van der Waals surface area (Å²) in [6.45, 7) is 6.75. The van der Waals surface area contributed by atoms with Crippen molar-refractivity contribution in [2.24, 2.45) is 11.3 Å². The number of anilines is 1. The fourth-order valence-corrected chi connectivity index (χ4v) is 5.41. The highest BCUT2D eigenvalue weighted by Gasteiger charge is 2.49. The van der Waals surface area contributed by atoms with Gasteiger partial charge in [-0.1, -0.05) is 20.8 Å². The van der Waals surface area contributed by atoms with Gasteiger partial charge in [0.2, 0.25) is 5.91 Å². The van der Waals surface area contributed by atoms with Crippen molar-refractivity contribution in [1.29, 1.82) is 0 Å². The van der Waals surface area contributed by atoms with Gasteiger partial charge in [0.15, 0.2) is 0 Å². The Morgan fingerprint density at radius 1 is 1.12 bits per heavy atom. The molecule has 1 aromatic carbocycles. The first-order valence-electron chi connectivity index (χ1n) is 8.83. The largest absolute Gasteiger partial charge is 0.573 e. The molecule has 1 heterocycles. The Hall–Kier alpha value is -1.37. The maximum atomic E-state index is 12.5. The summed E-state index contributed by atoms with van der Waals surface area (Å²) in [5, 5.41) is 0. The summed E-state index contributed by atoms with van der Waals surface area (Å²) < 4.78 is 40.9. The molecule has 1 aliphatic heterocycles. The summed E-state index contributed by atoms with van der Waals surface area (Å²) in [5.74, 6) is 0.787. The highest BCUT2D eigenvalue weighted by Crippen LogP contribution is 2.52. The van der Waals surface area contributed by atoms with Gasteiger partial charge in [0, 0.05) is 5.69 Å². The van der Waals surface area contributed by atoms with Crippen LogP contribution in [0.2, 0.25) is 0 Å². The first-order valence-corrected chi connectivity index (χ1v) is 9.82. The third-order valence-electron chi connectivity index (χ3n) is 5.44. The monoisotopic (exact) mass is 387 g/mol. The number of nitrogens with zero attached hydrogens (tertiary/aromatic N) is 1. The molecule has 3 nitrogen and oxygen atoms in total. The summed E-state index contributed by atoms with van der Waals surface area (Å²) in [6, 6.07) is 5.63. The van der Waals surface area contributed by atoms with Crippen molar-refractivity contribution in [3.63, 3.8) is 0 Å². The summed E-state index contributed by atoms with van der Waals surface area (Å²) in [4.78, 5) is 14.1. The van der Waals surface area contributed by atoms with Gasteiger partial charge < -0.3 is 4.74 Å². The number of thioether (sulfide) groups is 1. The van der Waals surface area contributed by atoms with Crippen LogP contribution in [-0.2, 0) is 4.79 Å². The molecule has 3 rings (SSSR count). The number of ether oxygens (including phenoxy) is 1. The maximum Gasteiger partial charge on any atom is 0.573 e. The van der Waals surface area contributed by atoms with Crippen LogP contribution in [0.5, 0.6) is 5.75 Å². The van der Waals surface area contributed by atoms with E-state index in [1.165, 1.54) is 12.1 Å². The van der Waals surface area contributed by atoms with E-state index in [-0.39, 0.29) is 21.9 Å². The van der Waals surface area contributed by atoms with Crippen LogP contribution in [0.25, 0.3) is 0 Å². The summed E-state index contributed by atoms with van der Waals surface area (Å²) >= 11 is 1.67. The number of benzene rings is 1. The molecule has 7 heteroatoms. The Bertz CT molecular complexity index is 659. The van der Waals surface area contributed by atoms with E-state index in [0.29, 0.717) is 17.4 Å². The zero-order valence-electron chi connectivity index (χ0n) is 15.2. The molecule has 0 N–H and O–H groups in total. The molecule has 2 aliphatic rings. The number of rotatable bonds is 2. The zero-order valence-corrected chi connectivity index (χ0v) is 16.0. The van der Waals surface area contributed by atoms with Gasteiger partial charge in [-0.2, -0.15) is 0 Å². The fraction of sp³-hybridized carbons (Fsp3) is 0.632. The minimum Gasteiger partial charge on any atom is -0.406 e. The Labute approximate surface area is 156 Å². The van der Waals surface area contributed by atoms with Gasteiger partial charge in [-0.15, -0.1) is 24.9 Å². The predicted octanol–water partition coefficient (Wildman–Crippen LogP) is 5.60. The van der Waals surface area contributed by atoms with Gasteiger partial charge in [-0.25, -0.2) is 0 Å². The molecule has 1 aromatic rings. The van der Waals surface area contributed by atoms with E-state index in [4.69, 9.17) is 0 Å². The number of hydrogen-bond acceptors (Lipinski definition) is 3. The van der Waals surface area contributed by atoms with Crippen LogP contribution < -0.4 is 9.64 Å². The van der Waals surface area contributed by atoms with Crippen molar-refractivity contribution < 1.29 is 22.7 Å². The van der Waals surface area contributed by atoms with Crippen LogP contribution in [0, 0.1) is 11.3 Å². The second-order valence-electron chi connectivity index (χ2n) is 8.15. The van der Waals surface area contributed by atoms with E-state index in [0.717, 1.165) is 25.7 Å². The van der Waals surface area contributed by atoms with Crippen LogP contribution in [-0.4, -0.2) is 22.9 Å². The van der Waals surface area contributed by atoms with Crippen molar-refractivity contribution >= 4 is 23.4 Å². The lowest BCUT2D eigenvalue weighted by molar-refractivity contribution is -0.274. The van der Waals surface area contributed by atoms with E-state index in [9.17, 15) is 18.0 Å². The number of amides is 1. The topological polar surface area (TPSA) is 29.5 Å².